The van der Waals surface area contributed by atoms with Gasteiger partial charge in [-0.3, -0.25) is 9.48 Å². The van der Waals surface area contributed by atoms with E-state index in [9.17, 15) is 4.79 Å². The molecule has 0 spiro atoms. The number of fused-ring (bicyclic) bond motifs is 1. The minimum Gasteiger partial charge on any atom is -0.342 e. The van der Waals surface area contributed by atoms with Gasteiger partial charge in [-0.25, -0.2) is 4.98 Å². The molecular weight excluding hydrogens is 266 g/mol. The summed E-state index contributed by atoms with van der Waals surface area (Å²) in [5, 5.41) is 7.17. The number of H-pyrrole nitrogens is 1. The lowest BCUT2D eigenvalue weighted by Gasteiger charge is -2.06. The van der Waals surface area contributed by atoms with Gasteiger partial charge >= 0.3 is 0 Å². The molecule has 3 rings (SSSR count). The number of carbonyl (C=O) groups excluding carboxylic acids is 1. The first-order valence-corrected chi connectivity index (χ1v) is 6.78. The van der Waals surface area contributed by atoms with Crippen LogP contribution in [0.2, 0.25) is 0 Å². The molecule has 0 aliphatic rings. The Morgan fingerprint density at radius 2 is 2.10 bits per heavy atom. The van der Waals surface area contributed by atoms with Crippen LogP contribution in [0.4, 0.5) is 5.69 Å². The van der Waals surface area contributed by atoms with E-state index in [1.54, 1.807) is 4.68 Å². The third kappa shape index (κ3) is 2.79. The molecule has 0 aliphatic carbocycles. The Kier molecular flexibility index (Phi) is 3.21. The third-order valence-electron chi connectivity index (χ3n) is 3.28. The molecule has 2 N–H and O–H groups in total. The van der Waals surface area contributed by atoms with Crippen LogP contribution in [0.5, 0.6) is 0 Å². The van der Waals surface area contributed by atoms with Crippen molar-refractivity contribution < 1.29 is 4.79 Å². The summed E-state index contributed by atoms with van der Waals surface area (Å²) in [6.07, 6.45) is 0. The second kappa shape index (κ2) is 5.05. The first-order chi connectivity index (χ1) is 10.0. The average molecular weight is 283 g/mol. The Bertz CT molecular complexity index is 815. The summed E-state index contributed by atoms with van der Waals surface area (Å²) >= 11 is 0. The number of amides is 1. The van der Waals surface area contributed by atoms with Crippen molar-refractivity contribution in [1.29, 1.82) is 0 Å². The van der Waals surface area contributed by atoms with Crippen LogP contribution in [-0.2, 0) is 11.3 Å². The Labute approximate surface area is 122 Å². The van der Waals surface area contributed by atoms with Crippen molar-refractivity contribution in [2.24, 2.45) is 0 Å². The van der Waals surface area contributed by atoms with Crippen LogP contribution in [0, 0.1) is 20.8 Å². The quantitative estimate of drug-likeness (QED) is 0.774. The van der Waals surface area contributed by atoms with Gasteiger partial charge in [0, 0.05) is 11.4 Å². The van der Waals surface area contributed by atoms with Crippen molar-refractivity contribution in [3.63, 3.8) is 0 Å². The van der Waals surface area contributed by atoms with Crippen molar-refractivity contribution in [3.8, 4) is 0 Å². The number of nitrogens with zero attached hydrogens (tertiary/aromatic N) is 3. The van der Waals surface area contributed by atoms with Crippen LogP contribution in [0.15, 0.2) is 24.3 Å². The summed E-state index contributed by atoms with van der Waals surface area (Å²) in [6, 6.07) is 7.57. The lowest BCUT2D eigenvalue weighted by Crippen LogP contribution is -2.20. The van der Waals surface area contributed by atoms with Gasteiger partial charge in [-0.05, 0) is 45.0 Å². The molecule has 2 aromatic heterocycles. The lowest BCUT2D eigenvalue weighted by atomic mass is 10.2. The van der Waals surface area contributed by atoms with Gasteiger partial charge in [0.15, 0.2) is 0 Å². The first-order valence-electron chi connectivity index (χ1n) is 6.78. The number of aromatic amines is 1. The molecule has 0 unspecified atom stereocenters. The molecule has 0 fully saturated rings. The van der Waals surface area contributed by atoms with Crippen molar-refractivity contribution in [2.45, 2.75) is 27.3 Å². The largest absolute Gasteiger partial charge is 0.342 e. The second-order valence-electron chi connectivity index (χ2n) is 5.19. The van der Waals surface area contributed by atoms with E-state index in [1.165, 1.54) is 0 Å². The normalized spacial score (nSPS) is 11.0. The number of imidazole rings is 1. The van der Waals surface area contributed by atoms with Crippen molar-refractivity contribution >= 4 is 22.6 Å². The van der Waals surface area contributed by atoms with Crippen LogP contribution < -0.4 is 5.32 Å². The van der Waals surface area contributed by atoms with E-state index in [0.717, 1.165) is 33.9 Å². The van der Waals surface area contributed by atoms with E-state index in [4.69, 9.17) is 0 Å². The highest BCUT2D eigenvalue weighted by atomic mass is 16.2. The van der Waals surface area contributed by atoms with Crippen LogP contribution >= 0.6 is 0 Å². The van der Waals surface area contributed by atoms with Gasteiger partial charge in [-0.1, -0.05) is 0 Å². The van der Waals surface area contributed by atoms with Gasteiger partial charge in [0.2, 0.25) is 5.91 Å². The predicted octanol–water partition coefficient (Wildman–Crippen LogP) is 2.32. The molecule has 3 aromatic rings. The highest BCUT2D eigenvalue weighted by Crippen LogP contribution is 2.17. The van der Waals surface area contributed by atoms with E-state index in [-0.39, 0.29) is 12.5 Å². The number of aromatic nitrogens is 4. The van der Waals surface area contributed by atoms with Crippen LogP contribution in [0.3, 0.4) is 0 Å². The number of hydrogen-bond acceptors (Lipinski definition) is 3. The monoisotopic (exact) mass is 283 g/mol. The zero-order chi connectivity index (χ0) is 15.0. The van der Waals surface area contributed by atoms with Gasteiger partial charge in [-0.15, -0.1) is 0 Å². The minimum atomic E-state index is -0.100. The number of hydrogen-bond donors (Lipinski definition) is 2. The maximum absolute atomic E-state index is 12.1. The lowest BCUT2D eigenvalue weighted by molar-refractivity contribution is -0.116. The maximum Gasteiger partial charge on any atom is 0.246 e. The van der Waals surface area contributed by atoms with Gasteiger partial charge in [0.1, 0.15) is 12.4 Å². The summed E-state index contributed by atoms with van der Waals surface area (Å²) in [7, 11) is 0. The van der Waals surface area contributed by atoms with Gasteiger partial charge in [0.25, 0.3) is 0 Å². The first kappa shape index (κ1) is 13.4. The topological polar surface area (TPSA) is 75.6 Å². The number of nitrogens with one attached hydrogen (secondary N) is 2. The summed E-state index contributed by atoms with van der Waals surface area (Å²) in [5.74, 6) is 0.757. The molecule has 0 saturated carbocycles. The molecule has 2 heterocycles. The van der Waals surface area contributed by atoms with Crippen molar-refractivity contribution in [1.82, 2.24) is 19.7 Å². The Hall–Kier alpha value is -2.63. The third-order valence-corrected chi connectivity index (χ3v) is 3.28. The Morgan fingerprint density at radius 3 is 2.81 bits per heavy atom. The van der Waals surface area contributed by atoms with E-state index >= 15 is 0 Å². The molecule has 0 atom stereocenters. The van der Waals surface area contributed by atoms with Crippen molar-refractivity contribution in [3.05, 3.63) is 41.5 Å². The molecule has 21 heavy (non-hydrogen) atoms. The molecule has 6 nitrogen and oxygen atoms in total. The predicted molar refractivity (Wildman–Crippen MR) is 81.2 cm³/mol. The molecule has 6 heteroatoms. The van der Waals surface area contributed by atoms with Crippen LogP contribution in [0.25, 0.3) is 11.0 Å². The summed E-state index contributed by atoms with van der Waals surface area (Å²) < 4.78 is 1.70. The highest BCUT2D eigenvalue weighted by Gasteiger charge is 2.08. The Morgan fingerprint density at radius 1 is 1.29 bits per heavy atom. The second-order valence-corrected chi connectivity index (χ2v) is 5.19. The molecule has 0 saturated heterocycles. The molecule has 108 valence electrons. The summed E-state index contributed by atoms with van der Waals surface area (Å²) in [4.78, 5) is 19.6. The zero-order valence-corrected chi connectivity index (χ0v) is 12.3. The van der Waals surface area contributed by atoms with E-state index < -0.39 is 0 Å². The van der Waals surface area contributed by atoms with Gasteiger partial charge in [0.05, 0.1) is 16.7 Å². The summed E-state index contributed by atoms with van der Waals surface area (Å²) in [6.45, 7) is 5.96. The molecular formula is C15H17N5O. The van der Waals surface area contributed by atoms with E-state index in [2.05, 4.69) is 20.4 Å². The zero-order valence-electron chi connectivity index (χ0n) is 12.3. The summed E-state index contributed by atoms with van der Waals surface area (Å²) in [5.41, 5.74) is 4.44. The molecule has 1 amide bonds. The fourth-order valence-corrected chi connectivity index (χ4v) is 2.39. The van der Waals surface area contributed by atoms with Gasteiger partial charge in [-0.2, -0.15) is 5.10 Å². The van der Waals surface area contributed by atoms with Gasteiger partial charge < -0.3 is 10.3 Å². The van der Waals surface area contributed by atoms with Crippen LogP contribution in [-0.4, -0.2) is 25.7 Å². The Balaban J connectivity index is 1.75. The number of benzene rings is 1. The molecule has 0 aliphatic heterocycles. The fraction of sp³-hybridized carbons (Fsp3) is 0.267. The smallest absolute Gasteiger partial charge is 0.246 e. The standard InChI is InChI=1S/C15H17N5O/c1-9-6-10(2)20(19-9)8-15(21)18-12-4-5-13-14(7-12)17-11(3)16-13/h4-7H,8H2,1-3H3,(H,16,17)(H,18,21). The molecule has 0 bridgehead atoms. The average Bonchev–Trinajstić information content (AvgIpc) is 2.90. The number of rotatable bonds is 3. The number of aryl methyl sites for hydroxylation is 3. The molecule has 0 radical (unpaired) electrons. The van der Waals surface area contributed by atoms with E-state index in [0.29, 0.717) is 0 Å². The number of carbonyl (C=O) groups is 1. The van der Waals surface area contributed by atoms with Crippen molar-refractivity contribution in [2.75, 3.05) is 5.32 Å². The maximum atomic E-state index is 12.1. The highest BCUT2D eigenvalue weighted by molar-refractivity contribution is 5.92. The SMILES string of the molecule is Cc1cc(C)n(CC(=O)Nc2ccc3nc(C)[nH]c3c2)n1. The number of anilines is 1. The van der Waals surface area contributed by atoms with Crippen LogP contribution in [0.1, 0.15) is 17.2 Å². The fourth-order valence-electron chi connectivity index (χ4n) is 2.39. The van der Waals surface area contributed by atoms with E-state index in [1.807, 2.05) is 45.0 Å². The molecule has 1 aromatic carbocycles. The minimum absolute atomic E-state index is 0.100.